The van der Waals surface area contributed by atoms with E-state index in [-0.39, 0.29) is 24.4 Å². The maximum absolute atomic E-state index is 14.5. The maximum Gasteiger partial charge on any atom is 0.248 e. The smallest absolute Gasteiger partial charge is 0.248 e. The van der Waals surface area contributed by atoms with Gasteiger partial charge in [0.15, 0.2) is 12.0 Å². The summed E-state index contributed by atoms with van der Waals surface area (Å²) in [6, 6.07) is 15.6. The van der Waals surface area contributed by atoms with E-state index in [9.17, 15) is 14.4 Å². The molecule has 0 bridgehead atoms. The number of nitrogens with zero attached hydrogens (tertiary/aromatic N) is 7. The largest absolute Gasteiger partial charge is 0.484 e. The van der Waals surface area contributed by atoms with E-state index >= 15 is 0 Å². The van der Waals surface area contributed by atoms with Crippen LogP contribution >= 0.6 is 0 Å². The molecule has 3 aromatic rings. The van der Waals surface area contributed by atoms with Crippen LogP contribution in [0.3, 0.4) is 0 Å². The van der Waals surface area contributed by atoms with Crippen LogP contribution in [0.1, 0.15) is 5.56 Å². The highest BCUT2D eigenvalue weighted by Gasteiger charge is 2.37. The third-order valence-corrected chi connectivity index (χ3v) is 7.83. The molecule has 2 aromatic carbocycles. The van der Waals surface area contributed by atoms with Crippen molar-refractivity contribution < 1.29 is 23.8 Å². The SMILES string of the molecule is N#Cc1cc(-c2ncnc(Nc3ccc(N4CCN(C5COC5)CC4)cc3)n2)ccc1O[C@H]1CN(C(=O)CO)CC1F. The van der Waals surface area contributed by atoms with Gasteiger partial charge in [-0.05, 0) is 42.5 Å². The Bertz CT molecular complexity index is 1460. The average Bonchev–Trinajstić information content (AvgIpc) is 3.36. The number of alkyl halides is 1. The number of nitrogens with one attached hydrogen (secondary N) is 1. The minimum Gasteiger partial charge on any atom is -0.484 e. The number of benzene rings is 2. The molecule has 218 valence electrons. The Hall–Kier alpha value is -4.38. The van der Waals surface area contributed by atoms with Gasteiger partial charge in [-0.25, -0.2) is 14.4 Å². The van der Waals surface area contributed by atoms with Gasteiger partial charge < -0.3 is 29.7 Å². The second kappa shape index (κ2) is 12.2. The Balaban J connectivity index is 1.09. The normalized spacial score (nSPS) is 21.1. The molecule has 3 aliphatic heterocycles. The summed E-state index contributed by atoms with van der Waals surface area (Å²) >= 11 is 0. The molecule has 6 rings (SSSR count). The molecule has 2 atom stereocenters. The summed E-state index contributed by atoms with van der Waals surface area (Å²) in [4.78, 5) is 30.8. The van der Waals surface area contributed by atoms with Crippen molar-refractivity contribution in [3.63, 3.8) is 0 Å². The molecule has 1 aromatic heterocycles. The molecule has 12 nitrogen and oxygen atoms in total. The van der Waals surface area contributed by atoms with Crippen LogP contribution in [-0.4, -0.2) is 113 Å². The number of halogens is 1. The van der Waals surface area contributed by atoms with Gasteiger partial charge in [0.1, 0.15) is 30.9 Å². The predicted octanol–water partition coefficient (Wildman–Crippen LogP) is 1.59. The first-order valence-electron chi connectivity index (χ1n) is 13.9. The summed E-state index contributed by atoms with van der Waals surface area (Å²) in [5.74, 6) is 0.329. The van der Waals surface area contributed by atoms with Gasteiger partial charge >= 0.3 is 0 Å². The minimum absolute atomic E-state index is 0.0104. The zero-order valence-electron chi connectivity index (χ0n) is 22.9. The first-order chi connectivity index (χ1) is 20.5. The van der Waals surface area contributed by atoms with Crippen molar-refractivity contribution in [1.29, 1.82) is 5.26 Å². The van der Waals surface area contributed by atoms with Crippen LogP contribution in [0.5, 0.6) is 5.75 Å². The van der Waals surface area contributed by atoms with Crippen LogP contribution < -0.4 is 15.0 Å². The highest BCUT2D eigenvalue weighted by atomic mass is 19.1. The lowest BCUT2D eigenvalue weighted by atomic mass is 10.1. The molecule has 1 amide bonds. The lowest BCUT2D eigenvalue weighted by Gasteiger charge is -2.43. The van der Waals surface area contributed by atoms with Gasteiger partial charge in [-0.3, -0.25) is 9.69 Å². The van der Waals surface area contributed by atoms with Gasteiger partial charge in [0, 0.05) is 43.1 Å². The van der Waals surface area contributed by atoms with E-state index in [1.54, 1.807) is 18.2 Å². The molecular formula is C29H31FN8O4. The van der Waals surface area contributed by atoms with Crippen LogP contribution in [0.2, 0.25) is 0 Å². The monoisotopic (exact) mass is 574 g/mol. The van der Waals surface area contributed by atoms with Crippen molar-refractivity contribution in [2.24, 2.45) is 0 Å². The Labute approximate surface area is 242 Å². The Morgan fingerprint density at radius 2 is 1.90 bits per heavy atom. The fourth-order valence-electron chi connectivity index (χ4n) is 5.33. The summed E-state index contributed by atoms with van der Waals surface area (Å²) in [5, 5.41) is 22.0. The second-order valence-corrected chi connectivity index (χ2v) is 10.5. The number of rotatable bonds is 8. The molecule has 13 heteroatoms. The van der Waals surface area contributed by atoms with Gasteiger partial charge in [0.05, 0.1) is 37.9 Å². The van der Waals surface area contributed by atoms with Crippen molar-refractivity contribution in [3.8, 4) is 23.2 Å². The maximum atomic E-state index is 14.5. The molecule has 3 saturated heterocycles. The number of ether oxygens (including phenoxy) is 2. The number of hydrogen-bond donors (Lipinski definition) is 2. The van der Waals surface area contributed by atoms with E-state index < -0.39 is 24.8 Å². The number of aromatic nitrogens is 3. The van der Waals surface area contributed by atoms with E-state index in [0.29, 0.717) is 23.4 Å². The summed E-state index contributed by atoms with van der Waals surface area (Å²) in [6.45, 7) is 4.83. The van der Waals surface area contributed by atoms with Gasteiger partial charge in [0.2, 0.25) is 11.9 Å². The van der Waals surface area contributed by atoms with Crippen molar-refractivity contribution >= 4 is 23.2 Å². The zero-order valence-corrected chi connectivity index (χ0v) is 22.9. The first kappa shape index (κ1) is 27.8. The minimum atomic E-state index is -1.43. The summed E-state index contributed by atoms with van der Waals surface area (Å²) in [7, 11) is 0. The average molecular weight is 575 g/mol. The van der Waals surface area contributed by atoms with Gasteiger partial charge in [-0.15, -0.1) is 0 Å². The fourth-order valence-corrected chi connectivity index (χ4v) is 5.33. The molecule has 1 unspecified atom stereocenters. The van der Waals surface area contributed by atoms with Crippen LogP contribution in [0.25, 0.3) is 11.4 Å². The molecule has 42 heavy (non-hydrogen) atoms. The summed E-state index contributed by atoms with van der Waals surface area (Å²) < 4.78 is 25.6. The topological polar surface area (TPSA) is 140 Å². The van der Waals surface area contributed by atoms with Crippen LogP contribution in [0, 0.1) is 11.3 Å². The summed E-state index contributed by atoms with van der Waals surface area (Å²) in [5.41, 5.74) is 2.73. The Morgan fingerprint density at radius 3 is 2.60 bits per heavy atom. The lowest BCUT2D eigenvalue weighted by Crippen LogP contribution is -2.56. The number of aliphatic hydroxyl groups excluding tert-OH is 1. The number of anilines is 3. The third-order valence-electron chi connectivity index (χ3n) is 7.83. The molecule has 3 fully saturated rings. The van der Waals surface area contributed by atoms with Gasteiger partial charge in [-0.1, -0.05) is 0 Å². The van der Waals surface area contributed by atoms with E-state index in [0.717, 1.165) is 50.8 Å². The zero-order chi connectivity index (χ0) is 29.1. The van der Waals surface area contributed by atoms with Crippen molar-refractivity contribution in [3.05, 3.63) is 54.4 Å². The molecule has 0 radical (unpaired) electrons. The molecule has 3 aliphatic rings. The molecule has 0 aliphatic carbocycles. The summed E-state index contributed by atoms with van der Waals surface area (Å²) in [6.07, 6.45) is -0.985. The molecule has 4 heterocycles. The molecule has 0 spiro atoms. The van der Waals surface area contributed by atoms with Crippen LogP contribution in [-0.2, 0) is 9.53 Å². The van der Waals surface area contributed by atoms with E-state index in [2.05, 4.69) is 48.3 Å². The number of hydrogen-bond acceptors (Lipinski definition) is 11. The number of nitriles is 1. The lowest BCUT2D eigenvalue weighted by molar-refractivity contribution is -0.133. The van der Waals surface area contributed by atoms with E-state index in [4.69, 9.17) is 14.6 Å². The predicted molar refractivity (Wildman–Crippen MR) is 151 cm³/mol. The van der Waals surface area contributed by atoms with E-state index in [1.165, 1.54) is 11.2 Å². The van der Waals surface area contributed by atoms with Gasteiger partial charge in [0.25, 0.3) is 0 Å². The number of carbonyl (C=O) groups is 1. The number of amides is 1. The second-order valence-electron chi connectivity index (χ2n) is 10.5. The first-order valence-corrected chi connectivity index (χ1v) is 13.9. The fraction of sp³-hybridized carbons (Fsp3) is 0.414. The van der Waals surface area contributed by atoms with Gasteiger partial charge in [-0.2, -0.15) is 10.2 Å². The molecular weight excluding hydrogens is 543 g/mol. The Morgan fingerprint density at radius 1 is 1.12 bits per heavy atom. The van der Waals surface area contributed by atoms with Crippen molar-refractivity contribution in [1.82, 2.24) is 24.8 Å². The third kappa shape index (κ3) is 5.96. The number of likely N-dealkylation sites (tertiary alicyclic amines) is 1. The van der Waals surface area contributed by atoms with Crippen molar-refractivity contribution in [2.75, 3.05) is 69.3 Å². The highest BCUT2D eigenvalue weighted by molar-refractivity contribution is 5.77. The Kier molecular flexibility index (Phi) is 8.09. The van der Waals surface area contributed by atoms with E-state index in [1.807, 2.05) is 12.1 Å². The quantitative estimate of drug-likeness (QED) is 0.405. The molecule has 2 N–H and O–H groups in total. The number of piperazine rings is 1. The highest BCUT2D eigenvalue weighted by Crippen LogP contribution is 2.29. The standard InChI is InChI=1S/C29H31FN8O4/c30-24-13-38(27(40)15-39)14-26(24)42-25-6-1-19(11-20(25)12-31)28-32-18-33-29(35-28)34-21-2-4-22(5-3-21)36-7-9-37(10-8-36)23-16-41-17-23/h1-6,11,18,23-24,26,39H,7-10,13-17H2,(H,32,33,34,35)/t24?,26-/m0/s1. The number of carbonyl (C=O) groups excluding carboxylic acids is 1. The number of aliphatic hydroxyl groups is 1. The van der Waals surface area contributed by atoms with Crippen molar-refractivity contribution in [2.45, 2.75) is 18.3 Å². The van der Waals surface area contributed by atoms with Crippen LogP contribution in [0.4, 0.5) is 21.7 Å². The molecule has 0 saturated carbocycles. The van der Waals surface area contributed by atoms with Crippen LogP contribution in [0.15, 0.2) is 48.8 Å².